The maximum atomic E-state index is 15.8. The number of nitrogens with two attached hydrogens (primary N) is 2. The van der Waals surface area contributed by atoms with Gasteiger partial charge in [0.1, 0.15) is 0 Å². The molecule has 0 bridgehead atoms. The van der Waals surface area contributed by atoms with Gasteiger partial charge >= 0.3 is 0 Å². The van der Waals surface area contributed by atoms with Crippen LogP contribution in [0, 0.1) is 34.3 Å². The SMILES string of the molecule is CC(C)(C)C1CCC(Oc2ccc3cc([C@@](N)(CO)CC(O)[C@](C)(N)c4ccc5c(F)c(OC6CCC(C(C)(C)C)CC6)ccc5c4)ccc3c2F)CC1. The van der Waals surface area contributed by atoms with E-state index in [-0.39, 0.29) is 41.0 Å². The number of hydrogen-bond donors (Lipinski definition) is 4. The third kappa shape index (κ3) is 8.42. The van der Waals surface area contributed by atoms with Crippen LogP contribution < -0.4 is 20.9 Å². The summed E-state index contributed by atoms with van der Waals surface area (Å²) >= 11 is 0. The summed E-state index contributed by atoms with van der Waals surface area (Å²) in [6.07, 6.45) is 6.57. The molecule has 2 aliphatic rings. The summed E-state index contributed by atoms with van der Waals surface area (Å²) in [6.45, 7) is 14.9. The first-order chi connectivity index (χ1) is 25.3. The Morgan fingerprint density at radius 2 is 1.04 bits per heavy atom. The topological polar surface area (TPSA) is 111 Å². The summed E-state index contributed by atoms with van der Waals surface area (Å²) in [5, 5.41) is 24.2. The van der Waals surface area contributed by atoms with Crippen molar-refractivity contribution in [3.8, 4) is 11.5 Å². The molecule has 2 aliphatic carbocycles. The van der Waals surface area contributed by atoms with Crippen LogP contribution in [0.5, 0.6) is 11.5 Å². The summed E-state index contributed by atoms with van der Waals surface area (Å²) in [5.41, 5.74) is 12.6. The van der Waals surface area contributed by atoms with Crippen molar-refractivity contribution in [1.29, 1.82) is 0 Å². The van der Waals surface area contributed by atoms with Crippen molar-refractivity contribution >= 4 is 21.5 Å². The number of halogens is 2. The van der Waals surface area contributed by atoms with E-state index >= 15 is 8.78 Å². The van der Waals surface area contributed by atoms with E-state index in [2.05, 4.69) is 41.5 Å². The molecule has 8 heteroatoms. The molecule has 6 N–H and O–H groups in total. The fraction of sp³-hybridized carbons (Fsp3) is 0.565. The lowest BCUT2D eigenvalue weighted by atomic mass is 9.72. The lowest BCUT2D eigenvalue weighted by Crippen LogP contribution is -2.52. The molecule has 0 amide bonds. The molecule has 6 rings (SSSR count). The summed E-state index contributed by atoms with van der Waals surface area (Å²) in [5.74, 6) is 0.926. The van der Waals surface area contributed by atoms with Gasteiger partial charge in [0.2, 0.25) is 0 Å². The van der Waals surface area contributed by atoms with Crippen LogP contribution in [0.4, 0.5) is 8.78 Å². The Morgan fingerprint density at radius 1 is 0.630 bits per heavy atom. The first-order valence-corrected chi connectivity index (χ1v) is 20.0. The van der Waals surface area contributed by atoms with Crippen molar-refractivity contribution < 1.29 is 28.5 Å². The molecule has 2 saturated carbocycles. The Kier molecular flexibility index (Phi) is 11.5. The van der Waals surface area contributed by atoms with E-state index < -0.39 is 35.4 Å². The van der Waals surface area contributed by atoms with Crippen molar-refractivity contribution in [3.05, 3.63) is 83.4 Å². The molecule has 1 unspecified atom stereocenters. The third-order valence-corrected chi connectivity index (χ3v) is 13.0. The van der Waals surface area contributed by atoms with Crippen LogP contribution in [0.2, 0.25) is 0 Å². The van der Waals surface area contributed by atoms with Crippen molar-refractivity contribution in [2.24, 2.45) is 34.1 Å². The highest BCUT2D eigenvalue weighted by Crippen LogP contribution is 2.42. The molecule has 0 radical (unpaired) electrons. The first-order valence-electron chi connectivity index (χ1n) is 20.0. The number of rotatable bonds is 10. The van der Waals surface area contributed by atoms with E-state index in [1.54, 1.807) is 55.5 Å². The monoisotopic (exact) mass is 744 g/mol. The zero-order valence-corrected chi connectivity index (χ0v) is 33.4. The molecule has 0 aliphatic heterocycles. The van der Waals surface area contributed by atoms with Gasteiger partial charge in [-0.25, -0.2) is 8.78 Å². The van der Waals surface area contributed by atoms with E-state index in [4.69, 9.17) is 20.9 Å². The number of ether oxygens (including phenoxy) is 2. The number of aliphatic hydroxyl groups excluding tert-OH is 2. The average molecular weight is 745 g/mol. The summed E-state index contributed by atoms with van der Waals surface area (Å²) in [6, 6.07) is 17.2. The number of aliphatic hydroxyl groups is 2. The van der Waals surface area contributed by atoms with Crippen LogP contribution in [0.15, 0.2) is 60.7 Å². The quantitative estimate of drug-likeness (QED) is 0.129. The molecular weight excluding hydrogens is 683 g/mol. The van der Waals surface area contributed by atoms with Crippen LogP contribution in [0.3, 0.4) is 0 Å². The van der Waals surface area contributed by atoms with Gasteiger partial charge in [0.15, 0.2) is 23.1 Å². The maximum absolute atomic E-state index is 15.8. The number of benzene rings is 4. The van der Waals surface area contributed by atoms with Crippen LogP contribution >= 0.6 is 0 Å². The molecule has 0 heterocycles. The summed E-state index contributed by atoms with van der Waals surface area (Å²) in [4.78, 5) is 0. The smallest absolute Gasteiger partial charge is 0.172 e. The third-order valence-electron chi connectivity index (χ3n) is 13.0. The Balaban J connectivity index is 1.14. The van der Waals surface area contributed by atoms with Crippen molar-refractivity contribution in [2.75, 3.05) is 6.61 Å². The highest BCUT2D eigenvalue weighted by Gasteiger charge is 2.39. The van der Waals surface area contributed by atoms with Crippen LogP contribution in [0.1, 0.15) is 117 Å². The second kappa shape index (κ2) is 15.3. The zero-order chi connectivity index (χ0) is 39.2. The molecule has 54 heavy (non-hydrogen) atoms. The Labute approximate surface area is 320 Å². The van der Waals surface area contributed by atoms with Gasteiger partial charge in [-0.05, 0) is 134 Å². The van der Waals surface area contributed by atoms with Gasteiger partial charge in [-0.1, -0.05) is 77.9 Å². The Hall–Kier alpha value is -3.30. The molecule has 4 aromatic carbocycles. The maximum Gasteiger partial charge on any atom is 0.172 e. The molecule has 0 aromatic heterocycles. The fourth-order valence-corrected chi connectivity index (χ4v) is 8.85. The van der Waals surface area contributed by atoms with Crippen molar-refractivity contribution in [2.45, 2.75) is 136 Å². The highest BCUT2D eigenvalue weighted by atomic mass is 19.1. The first kappa shape index (κ1) is 40.4. The molecule has 4 aromatic rings. The summed E-state index contributed by atoms with van der Waals surface area (Å²) < 4.78 is 43.9. The highest BCUT2D eigenvalue weighted by molar-refractivity contribution is 5.86. The lowest BCUT2D eigenvalue weighted by molar-refractivity contribution is 0.0445. The van der Waals surface area contributed by atoms with Gasteiger partial charge in [0, 0.05) is 10.8 Å². The minimum absolute atomic E-state index is 0.0123. The number of fused-ring (bicyclic) bond motifs is 2. The molecule has 0 saturated heterocycles. The van der Waals surface area contributed by atoms with Gasteiger partial charge in [-0.15, -0.1) is 0 Å². The molecule has 2 fully saturated rings. The largest absolute Gasteiger partial charge is 0.487 e. The van der Waals surface area contributed by atoms with Crippen LogP contribution in [-0.2, 0) is 11.1 Å². The average Bonchev–Trinajstić information content (AvgIpc) is 3.13. The lowest BCUT2D eigenvalue weighted by Gasteiger charge is -2.38. The van der Waals surface area contributed by atoms with Gasteiger partial charge in [-0.2, -0.15) is 0 Å². The summed E-state index contributed by atoms with van der Waals surface area (Å²) in [7, 11) is 0. The zero-order valence-electron chi connectivity index (χ0n) is 33.4. The van der Waals surface area contributed by atoms with Gasteiger partial charge in [0.25, 0.3) is 0 Å². The minimum Gasteiger partial charge on any atom is -0.487 e. The van der Waals surface area contributed by atoms with E-state index in [0.29, 0.717) is 44.5 Å². The Morgan fingerprint density at radius 3 is 1.44 bits per heavy atom. The molecular formula is C46H62F2N2O4. The molecule has 294 valence electrons. The van der Waals surface area contributed by atoms with Crippen molar-refractivity contribution in [3.63, 3.8) is 0 Å². The van der Waals surface area contributed by atoms with E-state index in [9.17, 15) is 10.2 Å². The fourth-order valence-electron chi connectivity index (χ4n) is 8.85. The normalized spacial score (nSPS) is 24.2. The molecule has 3 atom stereocenters. The van der Waals surface area contributed by atoms with E-state index in [1.165, 1.54) is 0 Å². The second-order valence-corrected chi connectivity index (χ2v) is 18.9. The van der Waals surface area contributed by atoms with Crippen LogP contribution in [0.25, 0.3) is 21.5 Å². The van der Waals surface area contributed by atoms with Gasteiger partial charge < -0.3 is 31.2 Å². The van der Waals surface area contributed by atoms with Crippen LogP contribution in [-0.4, -0.2) is 35.1 Å². The van der Waals surface area contributed by atoms with Crippen molar-refractivity contribution in [1.82, 2.24) is 0 Å². The minimum atomic E-state index is -1.38. The Bertz CT molecular complexity index is 1930. The van der Waals surface area contributed by atoms with Gasteiger partial charge in [-0.3, -0.25) is 0 Å². The van der Waals surface area contributed by atoms with E-state index in [0.717, 1.165) is 51.4 Å². The number of hydrogen-bond acceptors (Lipinski definition) is 6. The predicted octanol–water partition coefficient (Wildman–Crippen LogP) is 10.0. The standard InChI is InChI=1S/C46H62F2N2O4/c1-43(2,3)30-10-16-34(17-11-30)53-38-22-8-28-24-32(14-20-36(28)41(38)47)45(7,49)40(52)26-46(50,27-51)33-15-21-37-29(25-33)9-23-39(42(37)48)54-35-18-12-31(13-19-35)44(4,5)6/h8-9,14-15,20-25,30-31,34-35,40,51-52H,10-13,16-19,26-27,49-50H2,1-7H3/t30?,31?,34?,35?,40?,45-,46+/m1/s1. The molecule has 6 nitrogen and oxygen atoms in total. The second-order valence-electron chi connectivity index (χ2n) is 18.9. The molecule has 0 spiro atoms. The predicted molar refractivity (Wildman–Crippen MR) is 215 cm³/mol. The van der Waals surface area contributed by atoms with Gasteiger partial charge in [0.05, 0.1) is 36.0 Å². The van der Waals surface area contributed by atoms with E-state index in [1.807, 2.05) is 12.1 Å².